The van der Waals surface area contributed by atoms with Crippen molar-refractivity contribution in [3.05, 3.63) is 76.6 Å². The van der Waals surface area contributed by atoms with E-state index < -0.39 is 0 Å². The maximum absolute atomic E-state index is 8.82. The lowest BCUT2D eigenvalue weighted by molar-refractivity contribution is 0.478. The van der Waals surface area contributed by atoms with Gasteiger partial charge in [0.05, 0.1) is 17.3 Å². The van der Waals surface area contributed by atoms with E-state index in [4.69, 9.17) is 15.4 Å². The van der Waals surface area contributed by atoms with Crippen molar-refractivity contribution < 1.29 is 4.74 Å². The molecule has 1 heterocycles. The van der Waals surface area contributed by atoms with Crippen LogP contribution in [0.2, 0.25) is 0 Å². The van der Waals surface area contributed by atoms with Gasteiger partial charge in [-0.15, -0.1) is 0 Å². The molecule has 0 spiro atoms. The van der Waals surface area contributed by atoms with E-state index in [9.17, 15) is 0 Å². The molecule has 0 radical (unpaired) electrons. The average Bonchev–Trinajstić information content (AvgIpc) is 3.19. The van der Waals surface area contributed by atoms with Gasteiger partial charge in [0, 0.05) is 31.0 Å². The third-order valence-corrected chi connectivity index (χ3v) is 4.60. The molecule has 0 fully saturated rings. The molecular weight excluding hydrogens is 382 g/mol. The molecule has 0 aliphatic heterocycles. The highest BCUT2D eigenvalue weighted by molar-refractivity contribution is 7.11. The van der Waals surface area contributed by atoms with Gasteiger partial charge >= 0.3 is 0 Å². The lowest BCUT2D eigenvalue weighted by atomic mass is 10.1. The molecule has 1 aromatic carbocycles. The summed E-state index contributed by atoms with van der Waals surface area (Å²) in [7, 11) is 1.82. The predicted molar refractivity (Wildman–Crippen MR) is 115 cm³/mol. The molecule has 0 amide bonds. The zero-order valence-corrected chi connectivity index (χ0v) is 16.6. The van der Waals surface area contributed by atoms with Crippen molar-refractivity contribution in [2.45, 2.75) is 6.42 Å². The Morgan fingerprint density at radius 2 is 2.03 bits per heavy atom. The van der Waals surface area contributed by atoms with Crippen LogP contribution in [0.15, 0.2) is 65.3 Å². The highest BCUT2D eigenvalue weighted by atomic mass is 32.1. The summed E-state index contributed by atoms with van der Waals surface area (Å²) in [6, 6.07) is 8.95. The van der Waals surface area contributed by atoms with E-state index >= 15 is 0 Å². The van der Waals surface area contributed by atoms with Crippen LogP contribution >= 0.6 is 11.3 Å². The van der Waals surface area contributed by atoms with Crippen LogP contribution in [0.25, 0.3) is 0 Å². The second kappa shape index (κ2) is 9.93. The minimum Gasteiger partial charge on any atom is -0.431 e. The topological polar surface area (TPSA) is 93.8 Å². The van der Waals surface area contributed by atoms with Crippen LogP contribution in [0.1, 0.15) is 17.7 Å². The smallest absolute Gasteiger partial charge is 0.279 e. The highest BCUT2D eigenvalue weighted by Gasteiger charge is 2.08. The summed E-state index contributed by atoms with van der Waals surface area (Å²) in [5.41, 5.74) is 2.54. The normalized spacial score (nSPS) is 13.9. The van der Waals surface area contributed by atoms with Crippen molar-refractivity contribution in [2.75, 3.05) is 13.6 Å². The van der Waals surface area contributed by atoms with Crippen molar-refractivity contribution in [1.29, 1.82) is 10.7 Å². The first-order valence-electron chi connectivity index (χ1n) is 8.91. The van der Waals surface area contributed by atoms with Crippen LogP contribution in [0.4, 0.5) is 0 Å². The zero-order valence-electron chi connectivity index (χ0n) is 15.8. The summed E-state index contributed by atoms with van der Waals surface area (Å²) < 4.78 is 5.68. The van der Waals surface area contributed by atoms with Crippen LogP contribution in [-0.2, 0) is 0 Å². The summed E-state index contributed by atoms with van der Waals surface area (Å²) in [5, 5.41) is 25.5. The van der Waals surface area contributed by atoms with Gasteiger partial charge in [-0.1, -0.05) is 29.4 Å². The van der Waals surface area contributed by atoms with Crippen molar-refractivity contribution in [3.63, 3.8) is 0 Å². The SMILES string of the molecule is CN/C(NCCC#Cc1csc(Oc2ccc(C#N)cc2)n1)=C1/C=CC=CC1=N. The second-order valence-electron chi connectivity index (χ2n) is 5.89. The molecular formula is C22H19N5OS. The molecule has 2 aromatic rings. The Morgan fingerprint density at radius 3 is 2.76 bits per heavy atom. The van der Waals surface area contributed by atoms with E-state index in [2.05, 4.69) is 33.5 Å². The number of nitrogens with zero attached hydrogens (tertiary/aromatic N) is 2. The molecule has 0 unspecified atom stereocenters. The maximum atomic E-state index is 8.82. The molecule has 0 bridgehead atoms. The fourth-order valence-corrected chi connectivity index (χ4v) is 3.10. The van der Waals surface area contributed by atoms with Crippen molar-refractivity contribution in [3.8, 4) is 28.9 Å². The fraction of sp³-hybridized carbons (Fsp3) is 0.136. The largest absolute Gasteiger partial charge is 0.431 e. The van der Waals surface area contributed by atoms with Crippen LogP contribution in [0.5, 0.6) is 10.9 Å². The number of thiazole rings is 1. The van der Waals surface area contributed by atoms with Gasteiger partial charge in [-0.3, -0.25) is 0 Å². The molecule has 7 heteroatoms. The fourth-order valence-electron chi connectivity index (χ4n) is 2.48. The van der Waals surface area contributed by atoms with E-state index in [-0.39, 0.29) is 0 Å². The molecule has 3 N–H and O–H groups in total. The Labute approximate surface area is 173 Å². The zero-order chi connectivity index (χ0) is 20.5. The van der Waals surface area contributed by atoms with E-state index in [1.807, 2.05) is 30.7 Å². The summed E-state index contributed by atoms with van der Waals surface area (Å²) in [6.07, 6.45) is 8.05. The Balaban J connectivity index is 1.51. The predicted octanol–water partition coefficient (Wildman–Crippen LogP) is 3.72. The van der Waals surface area contributed by atoms with E-state index in [0.717, 1.165) is 11.4 Å². The summed E-state index contributed by atoms with van der Waals surface area (Å²) in [6.45, 7) is 0.649. The number of hydrogen-bond acceptors (Lipinski definition) is 7. The van der Waals surface area contributed by atoms with Gasteiger partial charge in [0.1, 0.15) is 17.3 Å². The van der Waals surface area contributed by atoms with E-state index in [0.29, 0.717) is 40.9 Å². The second-order valence-corrected chi connectivity index (χ2v) is 6.71. The standard InChI is InChI=1S/C22H19N5OS/c1-25-21(19-7-2-3-8-20(19)24)26-13-5-4-6-17-15-29-22(27-17)28-18-11-9-16(14-23)10-12-18/h2-3,7-12,15,24-26H,5,13H2,1H3/b21-19+,24-20?. The Hall–Kier alpha value is -3.81. The van der Waals surface area contributed by atoms with Gasteiger partial charge in [-0.2, -0.15) is 10.2 Å². The molecule has 1 aliphatic rings. The first-order valence-corrected chi connectivity index (χ1v) is 9.79. The van der Waals surface area contributed by atoms with Gasteiger partial charge in [-0.05, 0) is 42.3 Å². The van der Waals surface area contributed by atoms with Crippen molar-refractivity contribution in [1.82, 2.24) is 15.6 Å². The number of benzene rings is 1. The monoisotopic (exact) mass is 401 g/mol. The van der Waals surface area contributed by atoms with E-state index in [1.54, 1.807) is 30.3 Å². The van der Waals surface area contributed by atoms with Gasteiger partial charge in [0.15, 0.2) is 0 Å². The molecule has 0 atom stereocenters. The summed E-state index contributed by atoms with van der Waals surface area (Å²) in [4.78, 5) is 4.35. The maximum Gasteiger partial charge on any atom is 0.279 e. The van der Waals surface area contributed by atoms with E-state index in [1.165, 1.54) is 11.3 Å². The molecule has 0 saturated carbocycles. The first-order chi connectivity index (χ1) is 14.2. The van der Waals surface area contributed by atoms with Gasteiger partial charge in [-0.25, -0.2) is 0 Å². The highest BCUT2D eigenvalue weighted by Crippen LogP contribution is 2.25. The number of nitriles is 1. The Kier molecular flexibility index (Phi) is 6.83. The molecule has 3 rings (SSSR count). The minimum atomic E-state index is 0.465. The van der Waals surface area contributed by atoms with Crippen LogP contribution in [-0.4, -0.2) is 24.3 Å². The summed E-state index contributed by atoms with van der Waals surface area (Å²) in [5.74, 6) is 7.56. The third-order valence-electron chi connectivity index (χ3n) is 3.89. The Morgan fingerprint density at radius 1 is 1.24 bits per heavy atom. The quantitative estimate of drug-likeness (QED) is 0.507. The molecule has 29 heavy (non-hydrogen) atoms. The Bertz CT molecular complexity index is 1070. The van der Waals surface area contributed by atoms with Gasteiger partial charge < -0.3 is 20.8 Å². The van der Waals surface area contributed by atoms with Crippen molar-refractivity contribution >= 4 is 17.0 Å². The lowest BCUT2D eigenvalue weighted by Crippen LogP contribution is -2.27. The van der Waals surface area contributed by atoms with Crippen LogP contribution in [0.3, 0.4) is 0 Å². The summed E-state index contributed by atoms with van der Waals surface area (Å²) >= 11 is 1.37. The third kappa shape index (κ3) is 5.58. The molecule has 1 aliphatic carbocycles. The number of hydrogen-bond donors (Lipinski definition) is 3. The first kappa shape index (κ1) is 19.9. The van der Waals surface area contributed by atoms with Crippen LogP contribution < -0.4 is 15.4 Å². The number of allylic oxidation sites excluding steroid dienone is 5. The van der Waals surface area contributed by atoms with Crippen LogP contribution in [0, 0.1) is 28.6 Å². The molecule has 144 valence electrons. The molecule has 0 saturated heterocycles. The number of aromatic nitrogens is 1. The average molecular weight is 401 g/mol. The lowest BCUT2D eigenvalue weighted by Gasteiger charge is -2.14. The molecule has 6 nitrogen and oxygen atoms in total. The number of rotatable bonds is 6. The number of ether oxygens (including phenoxy) is 1. The molecule has 1 aromatic heterocycles. The number of nitrogens with one attached hydrogen (secondary N) is 3. The minimum absolute atomic E-state index is 0.465. The van der Waals surface area contributed by atoms with Gasteiger partial charge in [0.25, 0.3) is 5.19 Å². The van der Waals surface area contributed by atoms with Gasteiger partial charge in [0.2, 0.25) is 0 Å². The van der Waals surface area contributed by atoms with Crippen molar-refractivity contribution in [2.24, 2.45) is 0 Å².